The molecule has 0 fully saturated rings. The molecule has 0 saturated carbocycles. The lowest BCUT2D eigenvalue weighted by Crippen LogP contribution is -2.33. The summed E-state index contributed by atoms with van der Waals surface area (Å²) in [5, 5.41) is 23.4. The Hall–Kier alpha value is -1.73. The second-order valence-corrected chi connectivity index (χ2v) is 4.86. The van der Waals surface area contributed by atoms with Crippen LogP contribution in [0.1, 0.15) is 13.8 Å². The van der Waals surface area contributed by atoms with Gasteiger partial charge in [-0.3, -0.25) is 10.1 Å². The maximum Gasteiger partial charge on any atom is 0.314 e. The Labute approximate surface area is 116 Å². The highest BCUT2D eigenvalue weighted by atomic mass is 19.1. The summed E-state index contributed by atoms with van der Waals surface area (Å²) in [6, 6.07) is 3.47. The lowest BCUT2D eigenvalue weighted by Gasteiger charge is -2.14. The van der Waals surface area contributed by atoms with Crippen LogP contribution in [-0.4, -0.2) is 35.8 Å². The molecule has 6 nitrogen and oxygen atoms in total. The highest BCUT2D eigenvalue weighted by Gasteiger charge is 2.20. The van der Waals surface area contributed by atoms with Crippen LogP contribution >= 0.6 is 0 Å². The largest absolute Gasteiger partial charge is 0.482 e. The van der Waals surface area contributed by atoms with Crippen molar-refractivity contribution in [2.24, 2.45) is 5.92 Å². The van der Waals surface area contributed by atoms with Crippen LogP contribution in [0, 0.1) is 21.8 Å². The number of hydrogen-bond donors (Lipinski definition) is 2. The predicted molar refractivity (Wildman–Crippen MR) is 72.3 cm³/mol. The van der Waals surface area contributed by atoms with Crippen molar-refractivity contribution >= 4 is 5.69 Å². The van der Waals surface area contributed by atoms with E-state index in [2.05, 4.69) is 5.32 Å². The first-order valence-electron chi connectivity index (χ1n) is 6.36. The summed E-state index contributed by atoms with van der Waals surface area (Å²) in [4.78, 5) is 10.0. The number of aliphatic hydroxyl groups is 1. The summed E-state index contributed by atoms with van der Waals surface area (Å²) in [7, 11) is 0. The lowest BCUT2D eigenvalue weighted by atomic mass is 10.2. The van der Waals surface area contributed by atoms with E-state index in [1.165, 1.54) is 6.07 Å². The Kier molecular flexibility index (Phi) is 6.33. The van der Waals surface area contributed by atoms with Crippen molar-refractivity contribution in [3.8, 4) is 5.75 Å². The Bertz CT molecular complexity index is 454. The van der Waals surface area contributed by atoms with Gasteiger partial charge in [-0.15, -0.1) is 0 Å². The minimum Gasteiger partial charge on any atom is -0.482 e. The fourth-order valence-electron chi connectivity index (χ4n) is 1.56. The van der Waals surface area contributed by atoms with Gasteiger partial charge in [0.05, 0.1) is 4.92 Å². The molecule has 7 heteroatoms. The highest BCUT2D eigenvalue weighted by Crippen LogP contribution is 2.29. The summed E-state index contributed by atoms with van der Waals surface area (Å²) in [6.07, 6.45) is -0.868. The average Bonchev–Trinajstić information content (AvgIpc) is 2.36. The van der Waals surface area contributed by atoms with Gasteiger partial charge in [0, 0.05) is 12.6 Å². The monoisotopic (exact) mass is 286 g/mol. The van der Waals surface area contributed by atoms with Gasteiger partial charge in [0.1, 0.15) is 12.7 Å². The standard InChI is InChI=1S/C13H19FN2O4/c1-9(2)6-15-7-10(17)8-20-13-11(14)4-3-5-12(13)16(18)19/h3-5,9-10,15,17H,6-8H2,1-2H3. The molecule has 0 aliphatic rings. The first-order valence-corrected chi connectivity index (χ1v) is 6.36. The van der Waals surface area contributed by atoms with E-state index in [4.69, 9.17) is 4.74 Å². The number of ether oxygens (including phenoxy) is 1. The fraction of sp³-hybridized carbons (Fsp3) is 0.538. The molecule has 1 aromatic rings. The van der Waals surface area contributed by atoms with E-state index in [1.807, 2.05) is 13.8 Å². The number of rotatable bonds is 8. The van der Waals surface area contributed by atoms with Crippen molar-refractivity contribution < 1.29 is 19.2 Å². The number of para-hydroxylation sites is 1. The molecule has 0 saturated heterocycles. The molecule has 1 atom stereocenters. The first kappa shape index (κ1) is 16.3. The molecule has 112 valence electrons. The van der Waals surface area contributed by atoms with Crippen molar-refractivity contribution in [1.82, 2.24) is 5.32 Å². The third-order valence-corrected chi connectivity index (χ3v) is 2.50. The molecule has 0 aliphatic heterocycles. The van der Waals surface area contributed by atoms with Gasteiger partial charge in [0.2, 0.25) is 5.75 Å². The molecule has 0 aromatic heterocycles. The van der Waals surface area contributed by atoms with E-state index in [0.29, 0.717) is 5.92 Å². The number of nitrogens with zero attached hydrogens (tertiary/aromatic N) is 1. The number of aliphatic hydroxyl groups excluding tert-OH is 1. The van der Waals surface area contributed by atoms with Crippen LogP contribution in [0.4, 0.5) is 10.1 Å². The number of hydrogen-bond acceptors (Lipinski definition) is 5. The smallest absolute Gasteiger partial charge is 0.314 e. The predicted octanol–water partition coefficient (Wildman–Crippen LogP) is 1.72. The number of halogens is 1. The molecule has 20 heavy (non-hydrogen) atoms. The van der Waals surface area contributed by atoms with Crippen LogP contribution < -0.4 is 10.1 Å². The zero-order valence-corrected chi connectivity index (χ0v) is 11.5. The zero-order chi connectivity index (χ0) is 15.1. The van der Waals surface area contributed by atoms with Gasteiger partial charge in [-0.25, -0.2) is 4.39 Å². The maximum absolute atomic E-state index is 13.5. The van der Waals surface area contributed by atoms with Crippen LogP contribution in [0.25, 0.3) is 0 Å². The molecular weight excluding hydrogens is 267 g/mol. The van der Waals surface area contributed by atoms with E-state index in [9.17, 15) is 19.6 Å². The maximum atomic E-state index is 13.5. The molecule has 2 N–H and O–H groups in total. The second kappa shape index (κ2) is 7.76. The summed E-state index contributed by atoms with van der Waals surface area (Å²) in [6.45, 7) is 4.85. The van der Waals surface area contributed by atoms with Crippen LogP contribution in [0.2, 0.25) is 0 Å². The van der Waals surface area contributed by atoms with Crippen LogP contribution in [0.5, 0.6) is 5.75 Å². The Morgan fingerprint density at radius 1 is 1.45 bits per heavy atom. The van der Waals surface area contributed by atoms with Crippen LogP contribution in [0.15, 0.2) is 18.2 Å². The topological polar surface area (TPSA) is 84.6 Å². The third-order valence-electron chi connectivity index (χ3n) is 2.50. The van der Waals surface area contributed by atoms with Crippen LogP contribution in [0.3, 0.4) is 0 Å². The highest BCUT2D eigenvalue weighted by molar-refractivity contribution is 5.46. The second-order valence-electron chi connectivity index (χ2n) is 4.86. The van der Waals surface area contributed by atoms with Crippen LogP contribution in [-0.2, 0) is 0 Å². The van der Waals surface area contributed by atoms with Gasteiger partial charge in [-0.05, 0) is 18.5 Å². The third kappa shape index (κ3) is 5.10. The van der Waals surface area contributed by atoms with Gasteiger partial charge in [-0.1, -0.05) is 19.9 Å². The molecule has 1 unspecified atom stereocenters. The molecular formula is C13H19FN2O4. The van der Waals surface area contributed by atoms with Crippen molar-refractivity contribution in [2.75, 3.05) is 19.7 Å². The normalized spacial score (nSPS) is 12.4. The SMILES string of the molecule is CC(C)CNCC(O)COc1c(F)cccc1[N+](=O)[O-]. The zero-order valence-electron chi connectivity index (χ0n) is 11.5. The summed E-state index contributed by atoms with van der Waals surface area (Å²) >= 11 is 0. The van der Waals surface area contributed by atoms with E-state index in [-0.39, 0.29) is 13.2 Å². The summed E-state index contributed by atoms with van der Waals surface area (Å²) in [5.41, 5.74) is -0.452. The average molecular weight is 286 g/mol. The van der Waals surface area contributed by atoms with E-state index < -0.39 is 28.3 Å². The minimum atomic E-state index is -0.868. The summed E-state index contributed by atoms with van der Waals surface area (Å²) in [5.74, 6) is -0.822. The van der Waals surface area contributed by atoms with Crippen molar-refractivity contribution in [3.05, 3.63) is 34.1 Å². The van der Waals surface area contributed by atoms with E-state index in [1.54, 1.807) is 0 Å². The van der Waals surface area contributed by atoms with E-state index >= 15 is 0 Å². The molecule has 1 rings (SSSR count). The number of benzene rings is 1. The number of nitrogens with one attached hydrogen (secondary N) is 1. The molecule has 0 radical (unpaired) electrons. The van der Waals surface area contributed by atoms with Crippen molar-refractivity contribution in [2.45, 2.75) is 20.0 Å². The van der Waals surface area contributed by atoms with Crippen molar-refractivity contribution in [3.63, 3.8) is 0 Å². The molecule has 0 aliphatic carbocycles. The van der Waals surface area contributed by atoms with Gasteiger partial charge in [-0.2, -0.15) is 0 Å². The van der Waals surface area contributed by atoms with Gasteiger partial charge >= 0.3 is 5.69 Å². The van der Waals surface area contributed by atoms with Gasteiger partial charge < -0.3 is 15.2 Å². The molecule has 0 amide bonds. The Morgan fingerprint density at radius 3 is 2.75 bits per heavy atom. The first-order chi connectivity index (χ1) is 9.41. The number of nitro groups is 1. The molecule has 0 heterocycles. The molecule has 1 aromatic carbocycles. The molecule has 0 bridgehead atoms. The number of nitro benzene ring substituents is 1. The minimum absolute atomic E-state index is 0.215. The lowest BCUT2D eigenvalue weighted by molar-refractivity contribution is -0.386. The quantitative estimate of drug-likeness (QED) is 0.561. The summed E-state index contributed by atoms with van der Waals surface area (Å²) < 4.78 is 18.5. The fourth-order valence-corrected chi connectivity index (χ4v) is 1.56. The molecule has 0 spiro atoms. The van der Waals surface area contributed by atoms with Crippen molar-refractivity contribution in [1.29, 1.82) is 0 Å². The van der Waals surface area contributed by atoms with E-state index in [0.717, 1.165) is 18.7 Å². The van der Waals surface area contributed by atoms with Gasteiger partial charge in [0.15, 0.2) is 5.82 Å². The van der Waals surface area contributed by atoms with Gasteiger partial charge in [0.25, 0.3) is 0 Å². The Balaban J connectivity index is 2.55. The Morgan fingerprint density at radius 2 is 2.15 bits per heavy atom.